The van der Waals surface area contributed by atoms with Crippen molar-refractivity contribution in [2.75, 3.05) is 7.11 Å². The van der Waals surface area contributed by atoms with Crippen LogP contribution in [0.4, 0.5) is 0 Å². The van der Waals surface area contributed by atoms with Crippen molar-refractivity contribution >= 4 is 11.9 Å². The van der Waals surface area contributed by atoms with Crippen LogP contribution < -0.4 is 4.74 Å². The summed E-state index contributed by atoms with van der Waals surface area (Å²) in [6.45, 7) is 0. The molecule has 1 aliphatic heterocycles. The molecule has 0 aliphatic carbocycles. The van der Waals surface area contributed by atoms with Crippen molar-refractivity contribution < 1.29 is 14.3 Å². The first-order valence-electron chi connectivity index (χ1n) is 6.74. The minimum Gasteiger partial charge on any atom is -0.497 e. The monoisotopic (exact) mass is 281 g/mol. The second-order valence-electron chi connectivity index (χ2n) is 4.77. The first kappa shape index (κ1) is 13.4. The van der Waals surface area contributed by atoms with Gasteiger partial charge in [0.2, 0.25) is 5.90 Å². The van der Waals surface area contributed by atoms with E-state index in [1.54, 1.807) is 7.11 Å². The van der Waals surface area contributed by atoms with Gasteiger partial charge in [-0.05, 0) is 29.8 Å². The molecule has 0 bridgehead atoms. The fourth-order valence-corrected chi connectivity index (χ4v) is 2.25. The number of carbonyl (C=O) groups is 1. The smallest absolute Gasteiger partial charge is 0.315 e. The van der Waals surface area contributed by atoms with Gasteiger partial charge >= 0.3 is 5.97 Å². The number of ether oxygens (including phenoxy) is 2. The molecule has 1 atom stereocenters. The predicted octanol–water partition coefficient (Wildman–Crippen LogP) is 3.13. The van der Waals surface area contributed by atoms with Crippen LogP contribution in [0.1, 0.15) is 23.6 Å². The van der Waals surface area contributed by atoms with E-state index in [9.17, 15) is 4.79 Å². The number of hydrogen-bond acceptors (Lipinski definition) is 4. The van der Waals surface area contributed by atoms with E-state index >= 15 is 0 Å². The molecule has 0 saturated carbocycles. The zero-order valence-corrected chi connectivity index (χ0v) is 11.7. The predicted molar refractivity (Wildman–Crippen MR) is 79.4 cm³/mol. The lowest BCUT2D eigenvalue weighted by atomic mass is 10.0. The van der Waals surface area contributed by atoms with E-state index in [4.69, 9.17) is 9.47 Å². The second-order valence-corrected chi connectivity index (χ2v) is 4.77. The van der Waals surface area contributed by atoms with Crippen LogP contribution in [-0.2, 0) is 9.53 Å². The maximum absolute atomic E-state index is 11.8. The van der Waals surface area contributed by atoms with E-state index in [0.717, 1.165) is 16.9 Å². The number of nitrogens with zero attached hydrogens (tertiary/aromatic N) is 1. The van der Waals surface area contributed by atoms with E-state index in [2.05, 4.69) is 4.99 Å². The molecule has 21 heavy (non-hydrogen) atoms. The Morgan fingerprint density at radius 2 is 1.81 bits per heavy atom. The molecule has 0 fully saturated rings. The minimum atomic E-state index is -0.260. The Morgan fingerprint density at radius 3 is 2.48 bits per heavy atom. The summed E-state index contributed by atoms with van der Waals surface area (Å²) < 4.78 is 10.4. The van der Waals surface area contributed by atoms with Crippen LogP contribution in [0, 0.1) is 0 Å². The Hall–Kier alpha value is -2.62. The van der Waals surface area contributed by atoms with Gasteiger partial charge < -0.3 is 9.47 Å². The summed E-state index contributed by atoms with van der Waals surface area (Å²) in [4.78, 5) is 16.4. The van der Waals surface area contributed by atoms with Crippen molar-refractivity contribution in [2.24, 2.45) is 4.99 Å². The highest BCUT2D eigenvalue weighted by Gasteiger charge is 2.25. The third-order valence-electron chi connectivity index (χ3n) is 3.36. The van der Waals surface area contributed by atoms with Crippen LogP contribution in [0.2, 0.25) is 0 Å². The Kier molecular flexibility index (Phi) is 3.69. The molecule has 1 heterocycles. The summed E-state index contributed by atoms with van der Waals surface area (Å²) in [5.74, 6) is 0.904. The Labute approximate surface area is 123 Å². The molecule has 2 aromatic carbocycles. The maximum atomic E-state index is 11.8. The molecule has 4 heteroatoms. The minimum absolute atomic E-state index is 0.215. The normalized spacial score (nSPS) is 17.9. The Balaban J connectivity index is 1.92. The molecule has 0 spiro atoms. The molecular weight excluding hydrogens is 266 g/mol. The molecular formula is C17H15NO3. The standard InChI is InChI=1S/C17H15NO3/c1-20-14-9-7-12(8-10-14)15-11-16(19)21-17(18-15)13-5-3-2-4-6-13/h2-10,15H,11H2,1H3/t15-/m0/s1. The third-order valence-corrected chi connectivity index (χ3v) is 3.36. The van der Waals surface area contributed by atoms with Crippen LogP contribution in [0.5, 0.6) is 5.75 Å². The van der Waals surface area contributed by atoms with Crippen LogP contribution >= 0.6 is 0 Å². The summed E-state index contributed by atoms with van der Waals surface area (Å²) >= 11 is 0. The second kappa shape index (κ2) is 5.79. The molecule has 1 aliphatic rings. The van der Waals surface area contributed by atoms with E-state index in [1.165, 1.54) is 0 Å². The summed E-state index contributed by atoms with van der Waals surface area (Å²) in [5.41, 5.74) is 1.78. The van der Waals surface area contributed by atoms with Crippen molar-refractivity contribution in [1.29, 1.82) is 0 Å². The van der Waals surface area contributed by atoms with Crippen molar-refractivity contribution in [1.82, 2.24) is 0 Å². The average molecular weight is 281 g/mol. The van der Waals surface area contributed by atoms with E-state index < -0.39 is 0 Å². The molecule has 0 N–H and O–H groups in total. The molecule has 0 aromatic heterocycles. The third kappa shape index (κ3) is 2.94. The van der Waals surface area contributed by atoms with Crippen LogP contribution in [0.3, 0.4) is 0 Å². The summed E-state index contributed by atoms with van der Waals surface area (Å²) in [6.07, 6.45) is 0.253. The first-order chi connectivity index (χ1) is 10.3. The summed E-state index contributed by atoms with van der Waals surface area (Å²) in [5, 5.41) is 0. The number of cyclic esters (lactones) is 1. The molecule has 0 amide bonds. The van der Waals surface area contributed by atoms with Gasteiger partial charge in [0, 0.05) is 5.56 Å². The topological polar surface area (TPSA) is 47.9 Å². The number of esters is 1. The van der Waals surface area contributed by atoms with Crippen molar-refractivity contribution in [3.05, 3.63) is 65.7 Å². The van der Waals surface area contributed by atoms with Gasteiger partial charge in [0.15, 0.2) is 0 Å². The average Bonchev–Trinajstić information content (AvgIpc) is 2.55. The fourth-order valence-electron chi connectivity index (χ4n) is 2.25. The van der Waals surface area contributed by atoms with Gasteiger partial charge in [-0.15, -0.1) is 0 Å². The molecule has 0 saturated heterocycles. The van der Waals surface area contributed by atoms with Gasteiger partial charge in [-0.3, -0.25) is 4.79 Å². The van der Waals surface area contributed by atoms with Gasteiger partial charge in [0.25, 0.3) is 0 Å². The zero-order chi connectivity index (χ0) is 14.7. The molecule has 3 rings (SSSR count). The highest BCUT2D eigenvalue weighted by Crippen LogP contribution is 2.28. The van der Waals surface area contributed by atoms with Crippen molar-refractivity contribution in [2.45, 2.75) is 12.5 Å². The van der Waals surface area contributed by atoms with Crippen molar-refractivity contribution in [3.8, 4) is 5.75 Å². The number of benzene rings is 2. The molecule has 106 valence electrons. The lowest BCUT2D eigenvalue weighted by Gasteiger charge is -2.20. The summed E-state index contributed by atoms with van der Waals surface area (Å²) in [6, 6.07) is 16.8. The van der Waals surface area contributed by atoms with E-state index in [0.29, 0.717) is 5.90 Å². The SMILES string of the molecule is COc1ccc([C@@H]2CC(=O)OC(c3ccccc3)=N2)cc1. The highest BCUT2D eigenvalue weighted by molar-refractivity contribution is 6.02. The lowest BCUT2D eigenvalue weighted by Crippen LogP contribution is -2.22. The molecule has 0 unspecified atom stereocenters. The number of carbonyl (C=O) groups excluding carboxylic acids is 1. The van der Waals surface area contributed by atoms with Crippen LogP contribution in [0.25, 0.3) is 0 Å². The molecule has 4 nitrogen and oxygen atoms in total. The van der Waals surface area contributed by atoms with E-state index in [-0.39, 0.29) is 18.4 Å². The highest BCUT2D eigenvalue weighted by atomic mass is 16.5. The quantitative estimate of drug-likeness (QED) is 0.812. The fraction of sp³-hybridized carbons (Fsp3) is 0.176. The molecule has 0 radical (unpaired) electrons. The molecule has 2 aromatic rings. The summed E-state index contributed by atoms with van der Waals surface area (Å²) in [7, 11) is 1.62. The van der Waals surface area contributed by atoms with Gasteiger partial charge in [-0.25, -0.2) is 4.99 Å². The lowest BCUT2D eigenvalue weighted by molar-refractivity contribution is -0.136. The van der Waals surface area contributed by atoms with Gasteiger partial charge in [0.05, 0.1) is 19.6 Å². The van der Waals surface area contributed by atoms with E-state index in [1.807, 2.05) is 54.6 Å². The number of rotatable bonds is 3. The number of aliphatic imine (C=N–C) groups is 1. The van der Waals surface area contributed by atoms with Crippen LogP contribution in [-0.4, -0.2) is 19.0 Å². The number of methoxy groups -OCH3 is 1. The largest absolute Gasteiger partial charge is 0.497 e. The maximum Gasteiger partial charge on any atom is 0.315 e. The Bertz CT molecular complexity index is 662. The Morgan fingerprint density at radius 1 is 1.10 bits per heavy atom. The van der Waals surface area contributed by atoms with Gasteiger partial charge in [-0.1, -0.05) is 30.3 Å². The van der Waals surface area contributed by atoms with Gasteiger partial charge in [-0.2, -0.15) is 0 Å². The number of hydrogen-bond donors (Lipinski definition) is 0. The zero-order valence-electron chi connectivity index (χ0n) is 11.7. The van der Waals surface area contributed by atoms with Crippen molar-refractivity contribution in [3.63, 3.8) is 0 Å². The first-order valence-corrected chi connectivity index (χ1v) is 6.74. The van der Waals surface area contributed by atoms with Crippen LogP contribution in [0.15, 0.2) is 59.6 Å². The van der Waals surface area contributed by atoms with Gasteiger partial charge in [0.1, 0.15) is 5.75 Å².